The summed E-state index contributed by atoms with van der Waals surface area (Å²) in [6, 6.07) is 9.51. The van der Waals surface area contributed by atoms with Crippen LogP contribution in [0.25, 0.3) is 16.7 Å². The number of aryl methyl sites for hydroxylation is 1. The second-order valence-electron chi connectivity index (χ2n) is 8.57. The third-order valence-corrected chi connectivity index (χ3v) is 6.00. The number of likely N-dealkylation sites (tertiary alicyclic amines) is 1. The number of nitrogens with zero attached hydrogens (tertiary/aromatic N) is 8. The average molecular weight is 495 g/mol. The molecule has 1 aliphatic rings. The third-order valence-electron chi connectivity index (χ3n) is 6.00. The Labute approximate surface area is 211 Å². The number of carbonyl (C=O) groups excluding carboxylic acids is 1. The van der Waals surface area contributed by atoms with Crippen LogP contribution in [-0.2, 0) is 4.79 Å². The van der Waals surface area contributed by atoms with Crippen LogP contribution < -0.4 is 15.4 Å². The molecule has 5 heterocycles. The van der Waals surface area contributed by atoms with E-state index >= 15 is 0 Å². The topological polar surface area (TPSA) is 135 Å². The molecule has 2 N–H and O–H groups in total. The molecule has 1 aromatic carbocycles. The molecule has 12 heteroatoms. The van der Waals surface area contributed by atoms with Crippen molar-refractivity contribution >= 4 is 40.0 Å². The normalized spacial score (nSPS) is 13.4. The molecule has 1 aliphatic heterocycles. The van der Waals surface area contributed by atoms with Gasteiger partial charge in [-0.1, -0.05) is 6.58 Å². The molecule has 6 rings (SSSR count). The van der Waals surface area contributed by atoms with Crippen molar-refractivity contribution in [1.82, 2.24) is 39.4 Å². The number of rotatable bonds is 7. The summed E-state index contributed by atoms with van der Waals surface area (Å²) >= 11 is 0. The molecule has 0 unspecified atom stereocenters. The lowest BCUT2D eigenvalue weighted by atomic mass is 10.1. The molecule has 1 saturated heterocycles. The largest absolute Gasteiger partial charge is 0.457 e. The molecule has 1 amide bonds. The minimum absolute atomic E-state index is 0.0723. The van der Waals surface area contributed by atoms with Crippen molar-refractivity contribution in [2.45, 2.75) is 13.0 Å². The molecule has 0 bridgehead atoms. The molecule has 12 nitrogen and oxygen atoms in total. The highest BCUT2D eigenvalue weighted by Crippen LogP contribution is 2.30. The highest BCUT2D eigenvalue weighted by atomic mass is 16.5. The van der Waals surface area contributed by atoms with Crippen LogP contribution >= 0.6 is 0 Å². The second kappa shape index (κ2) is 9.15. The number of carbonyl (C=O) groups is 1. The van der Waals surface area contributed by atoms with Crippen LogP contribution in [0.5, 0.6) is 11.5 Å². The van der Waals surface area contributed by atoms with Gasteiger partial charge in [-0.3, -0.25) is 4.79 Å². The average Bonchev–Trinajstić information content (AvgIpc) is 3.35. The summed E-state index contributed by atoms with van der Waals surface area (Å²) in [5, 5.41) is 10.7. The number of hydrogen-bond acceptors (Lipinski definition) is 10. The summed E-state index contributed by atoms with van der Waals surface area (Å²) in [5.41, 5.74) is 3.66. The van der Waals surface area contributed by atoms with Crippen molar-refractivity contribution in [2.75, 3.05) is 23.7 Å². The molecule has 0 spiro atoms. The lowest BCUT2D eigenvalue weighted by molar-refractivity contribution is -0.129. The van der Waals surface area contributed by atoms with Crippen LogP contribution in [0.3, 0.4) is 0 Å². The summed E-state index contributed by atoms with van der Waals surface area (Å²) < 4.78 is 7.74. The molecular weight excluding hydrogens is 472 g/mol. The highest BCUT2D eigenvalue weighted by Gasteiger charge is 2.29. The van der Waals surface area contributed by atoms with Crippen LogP contribution in [0.2, 0.25) is 0 Å². The van der Waals surface area contributed by atoms with Gasteiger partial charge in [0.15, 0.2) is 11.5 Å². The van der Waals surface area contributed by atoms with Gasteiger partial charge in [-0.25, -0.2) is 29.4 Å². The summed E-state index contributed by atoms with van der Waals surface area (Å²) in [5.74, 6) is 2.32. The number of fused-ring (bicyclic) bond motifs is 2. The smallest absolute Gasteiger partial charge is 0.246 e. The van der Waals surface area contributed by atoms with Gasteiger partial charge in [-0.2, -0.15) is 5.10 Å². The maximum Gasteiger partial charge on any atom is 0.246 e. The molecule has 0 aliphatic carbocycles. The first-order valence-corrected chi connectivity index (χ1v) is 11.6. The van der Waals surface area contributed by atoms with Crippen molar-refractivity contribution in [3.8, 4) is 11.5 Å². The zero-order valence-electron chi connectivity index (χ0n) is 19.9. The van der Waals surface area contributed by atoms with Crippen LogP contribution in [-0.4, -0.2) is 64.5 Å². The molecule has 0 radical (unpaired) electrons. The molecular formula is C25H22N10O2. The second-order valence-corrected chi connectivity index (χ2v) is 8.57. The third kappa shape index (κ3) is 4.47. The molecule has 1 fully saturated rings. The van der Waals surface area contributed by atoms with Crippen molar-refractivity contribution < 1.29 is 9.53 Å². The SMILES string of the molecule is C=CC(=O)N1CC(Nc2ncc3ncnc(Nc4ccc(Oc5ccn6ncnc6c5)c(C)c4)c3n2)C1. The summed E-state index contributed by atoms with van der Waals surface area (Å²) in [4.78, 5) is 35.2. The van der Waals surface area contributed by atoms with E-state index in [1.54, 1.807) is 21.8 Å². The lowest BCUT2D eigenvalue weighted by Gasteiger charge is -2.38. The first-order chi connectivity index (χ1) is 18.1. The van der Waals surface area contributed by atoms with Gasteiger partial charge in [0.1, 0.15) is 35.2 Å². The Morgan fingerprint density at radius 3 is 2.86 bits per heavy atom. The number of nitrogens with one attached hydrogen (secondary N) is 2. The number of pyridine rings is 1. The van der Waals surface area contributed by atoms with Gasteiger partial charge in [-0.05, 0) is 42.8 Å². The molecule has 5 aromatic rings. The standard InChI is InChI=1S/C25H22N10O2/c1-3-22(36)34-11-17(12-34)32-25-26-10-19-23(33-25)24(29-13-27-19)31-16-4-5-20(15(2)8-16)37-18-6-7-35-21(9-18)28-14-30-35/h3-10,13-14,17H,1,11-12H2,2H3,(H,26,32,33)(H,27,29,31). The Hall–Kier alpha value is -5.13. The molecule has 0 atom stereocenters. The van der Waals surface area contributed by atoms with Gasteiger partial charge in [-0.15, -0.1) is 0 Å². The van der Waals surface area contributed by atoms with Crippen LogP contribution in [0, 0.1) is 6.92 Å². The highest BCUT2D eigenvalue weighted by molar-refractivity contribution is 5.88. The van der Waals surface area contributed by atoms with Gasteiger partial charge >= 0.3 is 0 Å². The Kier molecular flexibility index (Phi) is 5.52. The zero-order chi connectivity index (χ0) is 25.4. The number of amides is 1. The van der Waals surface area contributed by atoms with Gasteiger partial charge in [0.25, 0.3) is 0 Å². The lowest BCUT2D eigenvalue weighted by Crippen LogP contribution is -2.56. The Morgan fingerprint density at radius 2 is 2.03 bits per heavy atom. The van der Waals surface area contributed by atoms with Crippen LogP contribution in [0.4, 0.5) is 17.5 Å². The first-order valence-electron chi connectivity index (χ1n) is 11.6. The van der Waals surface area contributed by atoms with E-state index in [0.29, 0.717) is 47.3 Å². The van der Waals surface area contributed by atoms with E-state index in [9.17, 15) is 4.79 Å². The summed E-state index contributed by atoms with van der Waals surface area (Å²) in [7, 11) is 0. The minimum atomic E-state index is -0.0829. The van der Waals surface area contributed by atoms with E-state index in [0.717, 1.165) is 17.0 Å². The molecule has 184 valence electrons. The summed E-state index contributed by atoms with van der Waals surface area (Å²) in [6.07, 6.45) is 7.74. The van der Waals surface area contributed by atoms with E-state index in [2.05, 4.69) is 47.2 Å². The van der Waals surface area contributed by atoms with Crippen LogP contribution in [0.1, 0.15) is 5.56 Å². The monoisotopic (exact) mass is 494 g/mol. The predicted octanol–water partition coefficient (Wildman–Crippen LogP) is 3.12. The van der Waals surface area contributed by atoms with Crippen molar-refractivity contribution in [3.63, 3.8) is 0 Å². The van der Waals surface area contributed by atoms with Gasteiger partial charge in [0.2, 0.25) is 11.9 Å². The molecule has 0 saturated carbocycles. The van der Waals surface area contributed by atoms with E-state index in [-0.39, 0.29) is 11.9 Å². The number of benzene rings is 1. The number of ether oxygens (including phenoxy) is 1. The van der Waals surface area contributed by atoms with E-state index < -0.39 is 0 Å². The number of hydrogen-bond donors (Lipinski definition) is 2. The molecule has 4 aromatic heterocycles. The fourth-order valence-electron chi connectivity index (χ4n) is 4.04. The van der Waals surface area contributed by atoms with Crippen molar-refractivity contribution in [1.29, 1.82) is 0 Å². The first kappa shape index (κ1) is 22.3. The van der Waals surface area contributed by atoms with E-state index in [1.807, 2.05) is 37.3 Å². The fourth-order valence-corrected chi connectivity index (χ4v) is 4.04. The van der Waals surface area contributed by atoms with Gasteiger partial charge in [0.05, 0.1) is 12.2 Å². The number of aromatic nitrogens is 7. The number of anilines is 3. The van der Waals surface area contributed by atoms with Crippen LogP contribution in [0.15, 0.2) is 68.0 Å². The Morgan fingerprint density at radius 1 is 1.14 bits per heavy atom. The zero-order valence-corrected chi connectivity index (χ0v) is 19.9. The Balaban J connectivity index is 1.18. The van der Waals surface area contributed by atoms with Gasteiger partial charge < -0.3 is 20.3 Å². The van der Waals surface area contributed by atoms with Crippen molar-refractivity contribution in [3.05, 3.63) is 73.6 Å². The predicted molar refractivity (Wildman–Crippen MR) is 137 cm³/mol. The minimum Gasteiger partial charge on any atom is -0.457 e. The Bertz CT molecular complexity index is 1640. The van der Waals surface area contributed by atoms with E-state index in [1.165, 1.54) is 18.7 Å². The van der Waals surface area contributed by atoms with E-state index in [4.69, 9.17) is 4.74 Å². The summed E-state index contributed by atoms with van der Waals surface area (Å²) in [6.45, 7) is 6.63. The van der Waals surface area contributed by atoms with Crippen molar-refractivity contribution in [2.24, 2.45) is 0 Å². The maximum absolute atomic E-state index is 11.7. The quantitative estimate of drug-likeness (QED) is 0.325. The maximum atomic E-state index is 11.7. The fraction of sp³-hybridized carbons (Fsp3) is 0.160. The van der Waals surface area contributed by atoms with Gasteiger partial charge in [0, 0.05) is 31.0 Å². The molecule has 37 heavy (non-hydrogen) atoms.